The van der Waals surface area contributed by atoms with Crippen molar-refractivity contribution in [2.75, 3.05) is 0 Å². The third-order valence-corrected chi connectivity index (χ3v) is 1.88. The number of aliphatic imine (C=N–C) groups is 1. The van der Waals surface area contributed by atoms with E-state index in [1.165, 1.54) is 6.20 Å². The summed E-state index contributed by atoms with van der Waals surface area (Å²) in [6.07, 6.45) is 4.62. The molecule has 0 radical (unpaired) electrons. The van der Waals surface area contributed by atoms with E-state index in [2.05, 4.69) is 4.99 Å². The molecule has 0 spiro atoms. The molecule has 3 heteroatoms. The van der Waals surface area contributed by atoms with Crippen molar-refractivity contribution in [3.63, 3.8) is 0 Å². The van der Waals surface area contributed by atoms with E-state index >= 15 is 0 Å². The van der Waals surface area contributed by atoms with E-state index in [0.717, 1.165) is 12.6 Å². The normalized spacial score (nSPS) is 29.4. The first-order chi connectivity index (χ1) is 5.29. The zero-order chi connectivity index (χ0) is 8.27. The van der Waals surface area contributed by atoms with Gasteiger partial charge in [-0.25, -0.2) is 0 Å². The molecule has 1 aliphatic heterocycles. The van der Waals surface area contributed by atoms with E-state index in [1.807, 2.05) is 6.92 Å². The van der Waals surface area contributed by atoms with Crippen molar-refractivity contribution in [1.29, 1.82) is 0 Å². The number of aldehydes is 2. The van der Waals surface area contributed by atoms with Gasteiger partial charge < -0.3 is 4.79 Å². The van der Waals surface area contributed by atoms with E-state index in [0.29, 0.717) is 5.57 Å². The molecule has 1 rings (SSSR count). The van der Waals surface area contributed by atoms with Gasteiger partial charge in [0.05, 0.1) is 5.92 Å². The second kappa shape index (κ2) is 3.23. The average Bonchev–Trinajstić information content (AvgIpc) is 2.05. The van der Waals surface area contributed by atoms with Gasteiger partial charge in [-0.05, 0) is 0 Å². The highest BCUT2D eigenvalue weighted by molar-refractivity contribution is 5.87. The van der Waals surface area contributed by atoms with Crippen molar-refractivity contribution in [2.45, 2.75) is 6.92 Å². The smallest absolute Gasteiger partial charge is 0.147 e. The van der Waals surface area contributed by atoms with Crippen LogP contribution >= 0.6 is 0 Å². The molecule has 3 nitrogen and oxygen atoms in total. The van der Waals surface area contributed by atoms with Gasteiger partial charge in [-0.2, -0.15) is 0 Å². The highest BCUT2D eigenvalue weighted by atomic mass is 16.1. The molecule has 0 saturated carbocycles. The maximum absolute atomic E-state index is 10.4. The van der Waals surface area contributed by atoms with Gasteiger partial charge in [0.15, 0.2) is 0 Å². The van der Waals surface area contributed by atoms with E-state index in [4.69, 9.17) is 0 Å². The van der Waals surface area contributed by atoms with E-state index < -0.39 is 0 Å². The molecule has 0 saturated heterocycles. The van der Waals surface area contributed by atoms with Gasteiger partial charge in [0.1, 0.15) is 12.6 Å². The molecule has 1 heterocycles. The monoisotopic (exact) mass is 151 g/mol. The third kappa shape index (κ3) is 1.42. The lowest BCUT2D eigenvalue weighted by molar-refractivity contribution is -0.110. The highest BCUT2D eigenvalue weighted by Gasteiger charge is 2.20. The summed E-state index contributed by atoms with van der Waals surface area (Å²) in [4.78, 5) is 24.6. The van der Waals surface area contributed by atoms with Crippen molar-refractivity contribution in [3.05, 3.63) is 11.8 Å². The SMILES string of the molecule is CC1C(C=O)=CN=CC1C=O. The van der Waals surface area contributed by atoms with Crippen molar-refractivity contribution in [1.82, 2.24) is 0 Å². The Morgan fingerprint density at radius 3 is 2.82 bits per heavy atom. The highest BCUT2D eigenvalue weighted by Crippen LogP contribution is 2.19. The van der Waals surface area contributed by atoms with Gasteiger partial charge in [-0.3, -0.25) is 9.79 Å². The first-order valence-electron chi connectivity index (χ1n) is 3.43. The Balaban J connectivity index is 2.84. The first kappa shape index (κ1) is 7.85. The first-order valence-corrected chi connectivity index (χ1v) is 3.43. The molecule has 2 atom stereocenters. The van der Waals surface area contributed by atoms with Crippen LogP contribution in [0.5, 0.6) is 0 Å². The largest absolute Gasteiger partial charge is 0.303 e. The van der Waals surface area contributed by atoms with E-state index in [1.54, 1.807) is 6.21 Å². The molecule has 58 valence electrons. The summed E-state index contributed by atoms with van der Waals surface area (Å²) in [5.41, 5.74) is 0.588. The second-order valence-electron chi connectivity index (χ2n) is 2.55. The minimum atomic E-state index is -0.236. The summed E-state index contributed by atoms with van der Waals surface area (Å²) >= 11 is 0. The molecular weight excluding hydrogens is 142 g/mol. The number of hydrogen-bond donors (Lipinski definition) is 0. The molecule has 0 aliphatic carbocycles. The number of rotatable bonds is 2. The lowest BCUT2D eigenvalue weighted by atomic mass is 9.89. The fourth-order valence-electron chi connectivity index (χ4n) is 0.988. The maximum Gasteiger partial charge on any atom is 0.147 e. The van der Waals surface area contributed by atoms with Crippen LogP contribution in [0, 0.1) is 11.8 Å². The van der Waals surface area contributed by atoms with E-state index in [9.17, 15) is 9.59 Å². The van der Waals surface area contributed by atoms with Crippen LogP contribution in [0.25, 0.3) is 0 Å². The second-order valence-corrected chi connectivity index (χ2v) is 2.55. The number of nitrogens with zero attached hydrogens (tertiary/aromatic N) is 1. The Morgan fingerprint density at radius 2 is 2.27 bits per heavy atom. The summed E-state index contributed by atoms with van der Waals surface area (Å²) in [6, 6.07) is 0. The topological polar surface area (TPSA) is 46.5 Å². The average molecular weight is 151 g/mol. The van der Waals surface area contributed by atoms with Crippen LogP contribution in [0.2, 0.25) is 0 Å². The zero-order valence-electron chi connectivity index (χ0n) is 6.23. The van der Waals surface area contributed by atoms with E-state index in [-0.39, 0.29) is 11.8 Å². The number of allylic oxidation sites excluding steroid dienone is 1. The molecule has 0 aromatic rings. The Hall–Kier alpha value is -1.25. The van der Waals surface area contributed by atoms with Crippen LogP contribution in [0.3, 0.4) is 0 Å². The number of carbonyl (C=O) groups is 2. The Kier molecular flexibility index (Phi) is 2.31. The summed E-state index contributed by atoms with van der Waals surface area (Å²) in [7, 11) is 0. The lowest BCUT2D eigenvalue weighted by Crippen LogP contribution is -2.19. The summed E-state index contributed by atoms with van der Waals surface area (Å²) in [5, 5.41) is 0. The fraction of sp³-hybridized carbons (Fsp3) is 0.375. The van der Waals surface area contributed by atoms with Crippen LogP contribution in [-0.2, 0) is 9.59 Å². The molecular formula is C8H9NO2. The molecule has 0 N–H and O–H groups in total. The molecule has 0 bridgehead atoms. The van der Waals surface area contributed by atoms with Crippen LogP contribution in [0.4, 0.5) is 0 Å². The molecule has 1 aliphatic rings. The fourth-order valence-corrected chi connectivity index (χ4v) is 0.988. The minimum absolute atomic E-state index is 0.0255. The minimum Gasteiger partial charge on any atom is -0.303 e. The predicted octanol–water partition coefficient (Wildman–Crippen LogP) is 0.605. The Labute approximate surface area is 64.8 Å². The van der Waals surface area contributed by atoms with Gasteiger partial charge >= 0.3 is 0 Å². The molecule has 2 unspecified atom stereocenters. The summed E-state index contributed by atoms with van der Waals surface area (Å²) < 4.78 is 0. The van der Waals surface area contributed by atoms with Crippen LogP contribution < -0.4 is 0 Å². The van der Waals surface area contributed by atoms with Crippen molar-refractivity contribution in [3.8, 4) is 0 Å². The summed E-state index contributed by atoms with van der Waals surface area (Å²) in [6.45, 7) is 1.84. The van der Waals surface area contributed by atoms with Crippen LogP contribution in [0.15, 0.2) is 16.8 Å². The maximum atomic E-state index is 10.4. The Morgan fingerprint density at radius 1 is 1.55 bits per heavy atom. The standard InChI is InChI=1S/C8H9NO2/c1-6-7(4-10)2-9-3-8(6)5-11/h2-7H,1H3. The zero-order valence-corrected chi connectivity index (χ0v) is 6.23. The predicted molar refractivity (Wildman–Crippen MR) is 41.4 cm³/mol. The molecule has 11 heavy (non-hydrogen) atoms. The van der Waals surface area contributed by atoms with Gasteiger partial charge in [-0.1, -0.05) is 6.92 Å². The van der Waals surface area contributed by atoms with Crippen molar-refractivity contribution in [2.24, 2.45) is 16.8 Å². The Bertz CT molecular complexity index is 230. The van der Waals surface area contributed by atoms with Gasteiger partial charge in [0.25, 0.3) is 0 Å². The summed E-state index contributed by atoms with van der Waals surface area (Å²) in [5.74, 6) is -0.261. The van der Waals surface area contributed by atoms with Crippen molar-refractivity contribution >= 4 is 18.8 Å². The van der Waals surface area contributed by atoms with Gasteiger partial charge in [0.2, 0.25) is 0 Å². The van der Waals surface area contributed by atoms with Crippen LogP contribution in [0.1, 0.15) is 6.92 Å². The van der Waals surface area contributed by atoms with Gasteiger partial charge in [-0.15, -0.1) is 0 Å². The molecule has 0 aromatic carbocycles. The number of hydrogen-bond acceptors (Lipinski definition) is 3. The molecule has 0 fully saturated rings. The molecule has 0 aromatic heterocycles. The third-order valence-electron chi connectivity index (χ3n) is 1.88. The quantitative estimate of drug-likeness (QED) is 0.542. The lowest BCUT2D eigenvalue weighted by Gasteiger charge is -2.16. The van der Waals surface area contributed by atoms with Crippen LogP contribution in [-0.4, -0.2) is 18.8 Å². The van der Waals surface area contributed by atoms with Gasteiger partial charge in [0, 0.05) is 23.9 Å². The number of carbonyl (C=O) groups excluding carboxylic acids is 2. The molecule has 0 amide bonds. The van der Waals surface area contributed by atoms with Crippen molar-refractivity contribution < 1.29 is 9.59 Å².